The quantitative estimate of drug-likeness (QED) is 0.783. The van der Waals surface area contributed by atoms with Gasteiger partial charge in [-0.1, -0.05) is 6.92 Å². The maximum atomic E-state index is 12.9. The lowest BCUT2D eigenvalue weighted by molar-refractivity contribution is -0.164. The molecule has 3 nitrogen and oxygen atoms in total. The summed E-state index contributed by atoms with van der Waals surface area (Å²) in [6.45, 7) is 2.98. The minimum absolute atomic E-state index is 0.0803. The summed E-state index contributed by atoms with van der Waals surface area (Å²) in [6.07, 6.45) is 7.77. The Labute approximate surface area is 116 Å². The number of hydrogen-bond acceptors (Lipinski definition) is 2. The molecule has 3 heteroatoms. The Morgan fingerprint density at radius 2 is 1.95 bits per heavy atom. The van der Waals surface area contributed by atoms with E-state index in [1.165, 1.54) is 19.3 Å². The summed E-state index contributed by atoms with van der Waals surface area (Å²) in [7, 11) is 1.88. The molecule has 4 aliphatic carbocycles. The highest BCUT2D eigenvalue weighted by atomic mass is 16.2. The van der Waals surface area contributed by atoms with E-state index in [2.05, 4.69) is 13.0 Å². The van der Waals surface area contributed by atoms with Crippen LogP contribution in [0.3, 0.4) is 0 Å². The largest absolute Gasteiger partial charge is 0.344 e. The van der Waals surface area contributed by atoms with Crippen molar-refractivity contribution >= 4 is 5.91 Å². The van der Waals surface area contributed by atoms with Gasteiger partial charge in [0.25, 0.3) is 0 Å². The lowest BCUT2D eigenvalue weighted by Gasteiger charge is -2.61. The maximum absolute atomic E-state index is 12.9. The Morgan fingerprint density at radius 1 is 1.32 bits per heavy atom. The van der Waals surface area contributed by atoms with Gasteiger partial charge in [0.2, 0.25) is 5.91 Å². The minimum atomic E-state index is -0.0803. The van der Waals surface area contributed by atoms with Crippen molar-refractivity contribution in [2.75, 3.05) is 13.6 Å². The van der Waals surface area contributed by atoms with Crippen LogP contribution >= 0.6 is 0 Å². The zero-order valence-electron chi connectivity index (χ0n) is 12.1. The Morgan fingerprint density at radius 3 is 2.47 bits per heavy atom. The molecule has 4 rings (SSSR count). The summed E-state index contributed by atoms with van der Waals surface area (Å²) in [5, 5.41) is 8.68. The van der Waals surface area contributed by atoms with Crippen molar-refractivity contribution in [1.29, 1.82) is 5.26 Å². The van der Waals surface area contributed by atoms with Crippen LogP contribution in [-0.4, -0.2) is 24.4 Å². The first-order valence-corrected chi connectivity index (χ1v) is 7.59. The summed E-state index contributed by atoms with van der Waals surface area (Å²) < 4.78 is 0. The third-order valence-corrected chi connectivity index (χ3v) is 5.71. The first-order valence-electron chi connectivity index (χ1n) is 7.59. The predicted molar refractivity (Wildman–Crippen MR) is 73.1 cm³/mol. The fraction of sp³-hybridized carbons (Fsp3) is 0.875. The van der Waals surface area contributed by atoms with Gasteiger partial charge >= 0.3 is 0 Å². The number of carbonyl (C=O) groups is 1. The highest BCUT2D eigenvalue weighted by Crippen LogP contribution is 2.65. The summed E-state index contributed by atoms with van der Waals surface area (Å²) in [4.78, 5) is 14.7. The highest BCUT2D eigenvalue weighted by molar-refractivity contribution is 5.83. The summed E-state index contributed by atoms with van der Waals surface area (Å²) in [5.74, 6) is 1.88. The van der Waals surface area contributed by atoms with E-state index >= 15 is 0 Å². The van der Waals surface area contributed by atoms with Crippen LogP contribution in [0.4, 0.5) is 0 Å². The predicted octanol–water partition coefficient (Wildman–Crippen LogP) is 2.96. The van der Waals surface area contributed by atoms with Crippen LogP contribution in [0, 0.1) is 34.0 Å². The molecule has 2 unspecified atom stereocenters. The molecular weight excluding hydrogens is 236 g/mol. The SMILES string of the molecule is CN(CCC#N)C(=O)C12CC3CC(CC(C)(C3)C1)C2. The fourth-order valence-corrected chi connectivity index (χ4v) is 5.69. The smallest absolute Gasteiger partial charge is 0.228 e. The van der Waals surface area contributed by atoms with E-state index in [0.717, 1.165) is 31.1 Å². The van der Waals surface area contributed by atoms with Gasteiger partial charge in [0, 0.05) is 13.6 Å². The molecular formula is C16H24N2O. The summed E-state index contributed by atoms with van der Waals surface area (Å²) in [5.41, 5.74) is 0.332. The standard InChI is InChI=1S/C16H24N2O/c1-15-7-12-6-13(8-15)10-16(9-12,11-15)14(19)18(2)5-3-4-17/h12-13H,3,5-11H2,1-2H3. The Balaban J connectivity index is 1.80. The summed E-state index contributed by atoms with van der Waals surface area (Å²) in [6, 6.07) is 2.14. The van der Waals surface area contributed by atoms with E-state index in [4.69, 9.17) is 5.26 Å². The van der Waals surface area contributed by atoms with Crippen molar-refractivity contribution in [3.8, 4) is 6.07 Å². The topological polar surface area (TPSA) is 44.1 Å². The van der Waals surface area contributed by atoms with Crippen molar-refractivity contribution in [2.24, 2.45) is 22.7 Å². The van der Waals surface area contributed by atoms with Crippen LogP contribution in [0.15, 0.2) is 0 Å². The fourth-order valence-electron chi connectivity index (χ4n) is 5.69. The van der Waals surface area contributed by atoms with Crippen LogP contribution in [0.25, 0.3) is 0 Å². The van der Waals surface area contributed by atoms with E-state index in [-0.39, 0.29) is 5.41 Å². The van der Waals surface area contributed by atoms with Crippen molar-refractivity contribution in [3.63, 3.8) is 0 Å². The van der Waals surface area contributed by atoms with Crippen LogP contribution < -0.4 is 0 Å². The van der Waals surface area contributed by atoms with E-state index in [1.54, 1.807) is 0 Å². The van der Waals surface area contributed by atoms with Crippen molar-refractivity contribution in [2.45, 2.75) is 51.9 Å². The minimum Gasteiger partial charge on any atom is -0.344 e. The molecule has 4 aliphatic rings. The molecule has 0 aliphatic heterocycles. The first-order chi connectivity index (χ1) is 8.96. The van der Waals surface area contributed by atoms with E-state index in [9.17, 15) is 4.79 Å². The zero-order chi connectivity index (χ0) is 13.7. The normalized spacial score (nSPS) is 43.0. The lowest BCUT2D eigenvalue weighted by atomic mass is 9.44. The molecule has 0 aromatic carbocycles. The van der Waals surface area contributed by atoms with Crippen LogP contribution in [0.2, 0.25) is 0 Å². The first kappa shape index (κ1) is 13.0. The average Bonchev–Trinajstić information content (AvgIpc) is 2.32. The molecule has 0 saturated heterocycles. The molecule has 0 spiro atoms. The molecule has 0 aromatic heterocycles. The number of nitrogens with zero attached hydrogens (tertiary/aromatic N) is 2. The molecule has 4 saturated carbocycles. The molecule has 4 fully saturated rings. The molecule has 2 atom stereocenters. The maximum Gasteiger partial charge on any atom is 0.228 e. The third-order valence-electron chi connectivity index (χ3n) is 5.71. The second-order valence-corrected chi connectivity index (χ2v) is 7.69. The zero-order valence-corrected chi connectivity index (χ0v) is 12.1. The van der Waals surface area contributed by atoms with E-state index in [1.807, 2.05) is 11.9 Å². The Bertz CT molecular complexity index is 423. The van der Waals surface area contributed by atoms with Gasteiger partial charge in [-0.05, 0) is 55.8 Å². The number of carbonyl (C=O) groups excluding carboxylic acids is 1. The van der Waals surface area contributed by atoms with Crippen LogP contribution in [0.5, 0.6) is 0 Å². The molecule has 1 amide bonds. The van der Waals surface area contributed by atoms with Crippen LogP contribution in [0.1, 0.15) is 51.9 Å². The second-order valence-electron chi connectivity index (χ2n) is 7.69. The van der Waals surface area contributed by atoms with Crippen molar-refractivity contribution < 1.29 is 4.79 Å². The number of rotatable bonds is 3. The molecule has 0 N–H and O–H groups in total. The van der Waals surface area contributed by atoms with Gasteiger partial charge < -0.3 is 4.90 Å². The highest BCUT2D eigenvalue weighted by Gasteiger charge is 2.59. The molecule has 0 radical (unpaired) electrons. The Kier molecular flexibility index (Phi) is 2.89. The lowest BCUT2D eigenvalue weighted by Crippen LogP contribution is -2.57. The van der Waals surface area contributed by atoms with Gasteiger partial charge in [0.05, 0.1) is 17.9 Å². The number of nitriles is 1. The van der Waals surface area contributed by atoms with Gasteiger partial charge in [-0.25, -0.2) is 0 Å². The van der Waals surface area contributed by atoms with Gasteiger partial charge in [-0.2, -0.15) is 5.26 Å². The molecule has 104 valence electrons. The molecule has 0 aromatic rings. The van der Waals surface area contributed by atoms with Crippen LogP contribution in [-0.2, 0) is 4.79 Å². The van der Waals surface area contributed by atoms with Gasteiger partial charge in [0.1, 0.15) is 0 Å². The van der Waals surface area contributed by atoms with Gasteiger partial charge in [-0.3, -0.25) is 4.79 Å². The Hall–Kier alpha value is -1.04. The number of amides is 1. The molecule has 19 heavy (non-hydrogen) atoms. The van der Waals surface area contributed by atoms with E-state index in [0.29, 0.717) is 24.3 Å². The van der Waals surface area contributed by atoms with Gasteiger partial charge in [0.15, 0.2) is 0 Å². The summed E-state index contributed by atoms with van der Waals surface area (Å²) >= 11 is 0. The van der Waals surface area contributed by atoms with E-state index < -0.39 is 0 Å². The average molecular weight is 260 g/mol. The second kappa shape index (κ2) is 4.23. The third kappa shape index (κ3) is 2.06. The van der Waals surface area contributed by atoms with Crippen molar-refractivity contribution in [1.82, 2.24) is 4.90 Å². The molecule has 0 heterocycles. The molecule has 4 bridgehead atoms. The number of hydrogen-bond donors (Lipinski definition) is 0. The van der Waals surface area contributed by atoms with Crippen molar-refractivity contribution in [3.05, 3.63) is 0 Å². The monoisotopic (exact) mass is 260 g/mol. The van der Waals surface area contributed by atoms with Gasteiger partial charge in [-0.15, -0.1) is 0 Å².